The van der Waals surface area contributed by atoms with E-state index < -0.39 is 0 Å². The molecule has 1 fully saturated rings. The van der Waals surface area contributed by atoms with Crippen molar-refractivity contribution in [2.75, 3.05) is 20.3 Å². The van der Waals surface area contributed by atoms with Gasteiger partial charge in [-0.15, -0.1) is 0 Å². The van der Waals surface area contributed by atoms with Gasteiger partial charge < -0.3 is 18.9 Å². The van der Waals surface area contributed by atoms with Crippen LogP contribution in [-0.4, -0.2) is 40.6 Å². The summed E-state index contributed by atoms with van der Waals surface area (Å²) >= 11 is 0. The number of rotatable bonds is 6. The molecule has 0 N–H and O–H groups in total. The van der Waals surface area contributed by atoms with Gasteiger partial charge in [0.25, 0.3) is 5.91 Å². The minimum Gasteiger partial charge on any atom is -0.497 e. The average molecular weight is 341 g/mol. The summed E-state index contributed by atoms with van der Waals surface area (Å²) < 4.78 is 12.7. The van der Waals surface area contributed by atoms with E-state index in [1.807, 2.05) is 35.0 Å². The quantitative estimate of drug-likeness (QED) is 0.758. The maximum Gasteiger partial charge on any atom is 0.289 e. The number of aromatic nitrogens is 2. The van der Waals surface area contributed by atoms with Crippen molar-refractivity contribution in [2.24, 2.45) is 0 Å². The van der Waals surface area contributed by atoms with Gasteiger partial charge in [-0.25, -0.2) is 4.98 Å². The average Bonchev–Trinajstić information content (AvgIpc) is 3.06. The number of ether oxygens (including phenoxy) is 2. The first-order valence-electron chi connectivity index (χ1n) is 8.48. The molecule has 25 heavy (non-hydrogen) atoms. The lowest BCUT2D eigenvalue weighted by molar-refractivity contribution is -0.136. The van der Waals surface area contributed by atoms with E-state index in [1.54, 1.807) is 24.4 Å². The van der Waals surface area contributed by atoms with Crippen LogP contribution in [0.1, 0.15) is 24.6 Å². The smallest absolute Gasteiger partial charge is 0.289 e. The first kappa shape index (κ1) is 17.1. The van der Waals surface area contributed by atoms with E-state index >= 15 is 0 Å². The fourth-order valence-corrected chi connectivity index (χ4v) is 2.76. The fraction of sp³-hybridized carbons (Fsp3) is 0.368. The molecule has 0 aliphatic carbocycles. The summed E-state index contributed by atoms with van der Waals surface area (Å²) in [6.07, 6.45) is 6.46. The second-order valence-corrected chi connectivity index (χ2v) is 5.97. The summed E-state index contributed by atoms with van der Waals surface area (Å²) in [5.74, 6) is 1.05. The molecule has 1 amide bonds. The maximum absolute atomic E-state index is 12.7. The molecule has 0 spiro atoms. The van der Waals surface area contributed by atoms with Crippen LogP contribution in [0.5, 0.6) is 5.75 Å². The van der Waals surface area contributed by atoms with Crippen molar-refractivity contribution < 1.29 is 14.3 Å². The Bertz CT molecular complexity index is 750. The molecule has 0 bridgehead atoms. The molecule has 2 aromatic rings. The van der Waals surface area contributed by atoms with Crippen LogP contribution < -0.4 is 4.74 Å². The third kappa shape index (κ3) is 4.21. The highest BCUT2D eigenvalue weighted by molar-refractivity contribution is 5.96. The molecule has 132 valence electrons. The number of hydrogen-bond donors (Lipinski definition) is 0. The minimum absolute atomic E-state index is 0.105. The molecule has 1 aromatic carbocycles. The Hall–Kier alpha value is -2.76. The summed E-state index contributed by atoms with van der Waals surface area (Å²) in [7, 11) is 1.64. The largest absolute Gasteiger partial charge is 0.497 e. The van der Waals surface area contributed by atoms with E-state index in [2.05, 4.69) is 11.9 Å². The molecule has 2 heterocycles. The summed E-state index contributed by atoms with van der Waals surface area (Å²) in [6, 6.07) is 7.74. The van der Waals surface area contributed by atoms with Gasteiger partial charge in [-0.3, -0.25) is 4.79 Å². The lowest BCUT2D eigenvalue weighted by Gasteiger charge is -2.28. The zero-order chi connectivity index (χ0) is 17.6. The van der Waals surface area contributed by atoms with Crippen molar-refractivity contribution in [1.82, 2.24) is 14.5 Å². The highest BCUT2D eigenvalue weighted by Gasteiger charge is 2.25. The number of hydrogen-bond acceptors (Lipinski definition) is 4. The van der Waals surface area contributed by atoms with E-state index in [0.29, 0.717) is 25.5 Å². The molecule has 0 radical (unpaired) electrons. The molecule has 1 aromatic heterocycles. The fourth-order valence-electron chi connectivity index (χ4n) is 2.76. The summed E-state index contributed by atoms with van der Waals surface area (Å²) in [5.41, 5.74) is 1.80. The first-order valence-corrected chi connectivity index (χ1v) is 8.48. The Morgan fingerprint density at radius 1 is 1.32 bits per heavy atom. The highest BCUT2D eigenvalue weighted by atomic mass is 16.5. The van der Waals surface area contributed by atoms with Gasteiger partial charge in [0.1, 0.15) is 12.4 Å². The van der Waals surface area contributed by atoms with Gasteiger partial charge in [-0.05, 0) is 24.1 Å². The molecule has 1 aliphatic rings. The van der Waals surface area contributed by atoms with E-state index in [1.165, 1.54) is 0 Å². The Morgan fingerprint density at radius 3 is 2.84 bits per heavy atom. The maximum atomic E-state index is 12.7. The molecule has 1 aliphatic heterocycles. The first-order chi connectivity index (χ1) is 12.2. The monoisotopic (exact) mass is 341 g/mol. The number of methoxy groups -OCH3 is 1. The topological polar surface area (TPSA) is 56.6 Å². The molecular formula is C19H23N3O3. The number of aryl methyl sites for hydroxylation is 1. The van der Waals surface area contributed by atoms with Gasteiger partial charge in [-0.2, -0.15) is 0 Å². The predicted octanol–water partition coefficient (Wildman–Crippen LogP) is 2.70. The number of nitrogens with zero attached hydrogens (tertiary/aromatic N) is 3. The molecular weight excluding hydrogens is 318 g/mol. The van der Waals surface area contributed by atoms with E-state index in [0.717, 1.165) is 30.0 Å². The third-order valence-electron chi connectivity index (χ3n) is 4.06. The Labute approximate surface area is 147 Å². The van der Waals surface area contributed by atoms with Crippen LogP contribution in [0.4, 0.5) is 0 Å². The summed E-state index contributed by atoms with van der Waals surface area (Å²) in [6.45, 7) is 4.64. The number of benzene rings is 1. The zero-order valence-corrected chi connectivity index (χ0v) is 14.6. The number of imidazole rings is 1. The number of amides is 1. The Balaban J connectivity index is 1.70. The van der Waals surface area contributed by atoms with Gasteiger partial charge in [0.05, 0.1) is 25.7 Å². The predicted molar refractivity (Wildman–Crippen MR) is 94.9 cm³/mol. The number of carbonyl (C=O) groups excluding carboxylic acids is 1. The van der Waals surface area contributed by atoms with Crippen molar-refractivity contribution in [3.05, 3.63) is 53.8 Å². The minimum atomic E-state index is -0.105. The van der Waals surface area contributed by atoms with Crippen LogP contribution in [0.15, 0.2) is 42.5 Å². The molecule has 6 heteroatoms. The normalized spacial score (nSPS) is 16.2. The lowest BCUT2D eigenvalue weighted by atomic mass is 10.2. The molecule has 3 rings (SSSR count). The molecule has 0 atom stereocenters. The van der Waals surface area contributed by atoms with Crippen LogP contribution in [0.25, 0.3) is 6.08 Å². The Morgan fingerprint density at radius 2 is 2.12 bits per heavy atom. The molecule has 6 nitrogen and oxygen atoms in total. The van der Waals surface area contributed by atoms with Crippen LogP contribution in [0.3, 0.4) is 0 Å². The van der Waals surface area contributed by atoms with Gasteiger partial charge in [-0.1, -0.05) is 19.1 Å². The van der Waals surface area contributed by atoms with E-state index in [9.17, 15) is 4.79 Å². The summed E-state index contributed by atoms with van der Waals surface area (Å²) in [5, 5.41) is 0. The van der Waals surface area contributed by atoms with Crippen LogP contribution in [0.2, 0.25) is 0 Å². The van der Waals surface area contributed by atoms with Crippen molar-refractivity contribution in [3.63, 3.8) is 0 Å². The van der Waals surface area contributed by atoms with E-state index in [-0.39, 0.29) is 5.91 Å². The molecule has 1 saturated heterocycles. The van der Waals surface area contributed by atoms with Crippen LogP contribution in [-0.2, 0) is 22.6 Å². The summed E-state index contributed by atoms with van der Waals surface area (Å²) in [4.78, 5) is 18.8. The second-order valence-electron chi connectivity index (χ2n) is 5.97. The highest BCUT2D eigenvalue weighted by Crippen LogP contribution is 2.18. The van der Waals surface area contributed by atoms with Crippen molar-refractivity contribution in [2.45, 2.75) is 26.4 Å². The molecule has 0 saturated carbocycles. The Kier molecular flexibility index (Phi) is 5.38. The van der Waals surface area contributed by atoms with Crippen molar-refractivity contribution in [3.8, 4) is 5.75 Å². The van der Waals surface area contributed by atoms with Gasteiger partial charge in [0.2, 0.25) is 0 Å². The standard InChI is InChI=1S/C19H23N3O3/c1-3-8-21-13-16(20-14-21)11-18-19(23)22(9-10-25-18)12-15-4-6-17(24-2)7-5-15/h4-7,11,13-14H,3,8-10,12H2,1-2H3/b18-11-. The third-order valence-corrected chi connectivity index (χ3v) is 4.06. The number of morpholine rings is 1. The lowest BCUT2D eigenvalue weighted by Crippen LogP contribution is -2.39. The molecule has 0 unspecified atom stereocenters. The van der Waals surface area contributed by atoms with Crippen molar-refractivity contribution >= 4 is 12.0 Å². The van der Waals surface area contributed by atoms with Crippen LogP contribution in [0, 0.1) is 0 Å². The van der Waals surface area contributed by atoms with Crippen molar-refractivity contribution in [1.29, 1.82) is 0 Å². The SMILES string of the molecule is CCCn1cnc(/C=C2\OCCN(Cc3ccc(OC)cc3)C2=O)c1. The van der Waals surface area contributed by atoms with Gasteiger partial charge in [0, 0.05) is 25.4 Å². The van der Waals surface area contributed by atoms with Gasteiger partial charge >= 0.3 is 0 Å². The number of carbonyl (C=O) groups is 1. The second kappa shape index (κ2) is 7.88. The van der Waals surface area contributed by atoms with Crippen LogP contribution >= 0.6 is 0 Å². The zero-order valence-electron chi connectivity index (χ0n) is 14.6. The van der Waals surface area contributed by atoms with E-state index in [4.69, 9.17) is 9.47 Å². The van der Waals surface area contributed by atoms with Gasteiger partial charge in [0.15, 0.2) is 5.76 Å².